The molecule has 0 heterocycles. The lowest BCUT2D eigenvalue weighted by Crippen LogP contribution is -1.89. The van der Waals surface area contributed by atoms with E-state index in [1.807, 2.05) is 24.3 Å². The second kappa shape index (κ2) is 4.13. The molecule has 0 aliphatic heterocycles. The van der Waals surface area contributed by atoms with Crippen LogP contribution in [0.3, 0.4) is 0 Å². The number of anilines is 2. The molecule has 0 aliphatic carbocycles. The fourth-order valence-electron chi connectivity index (χ4n) is 0.758. The number of rotatable bonds is 3. The number of nitrogens with one attached hydrogen (secondary N) is 1. The van der Waals surface area contributed by atoms with Crippen LogP contribution < -0.4 is 10.5 Å². The third kappa shape index (κ3) is 2.72. The molecule has 0 aromatic heterocycles. The summed E-state index contributed by atoms with van der Waals surface area (Å²) < 4.78 is 3.17. The van der Waals surface area contributed by atoms with E-state index in [1.54, 1.807) is 11.9 Å². The number of hydrogen-bond acceptors (Lipinski definition) is 3. The van der Waals surface area contributed by atoms with Gasteiger partial charge in [0.25, 0.3) is 0 Å². The Hall–Kier alpha value is -0.830. The quantitative estimate of drug-likeness (QED) is 0.537. The van der Waals surface area contributed by atoms with Crippen molar-refractivity contribution >= 4 is 23.3 Å². The molecule has 0 radical (unpaired) electrons. The van der Waals surface area contributed by atoms with Crippen molar-refractivity contribution in [3.8, 4) is 0 Å². The van der Waals surface area contributed by atoms with E-state index in [-0.39, 0.29) is 0 Å². The van der Waals surface area contributed by atoms with E-state index < -0.39 is 0 Å². The van der Waals surface area contributed by atoms with Crippen molar-refractivity contribution in [2.75, 3.05) is 16.2 Å². The molecule has 1 aromatic rings. The van der Waals surface area contributed by atoms with Crippen LogP contribution in [0, 0.1) is 0 Å². The highest BCUT2D eigenvalue weighted by Gasteiger charge is 1.89. The zero-order valence-electron chi connectivity index (χ0n) is 6.50. The van der Waals surface area contributed by atoms with Crippen LogP contribution in [0.2, 0.25) is 0 Å². The van der Waals surface area contributed by atoms with Gasteiger partial charge in [-0.1, -0.05) is 24.9 Å². The van der Waals surface area contributed by atoms with E-state index in [1.165, 1.54) is 0 Å². The molecule has 1 aromatic carbocycles. The maximum absolute atomic E-state index is 5.58. The zero-order chi connectivity index (χ0) is 8.10. The van der Waals surface area contributed by atoms with Crippen LogP contribution in [0.4, 0.5) is 11.4 Å². The van der Waals surface area contributed by atoms with E-state index in [0.29, 0.717) is 0 Å². The second-order valence-corrected chi connectivity index (χ2v) is 3.23. The Bertz CT molecular complexity index is 225. The van der Waals surface area contributed by atoms with Gasteiger partial charge in [0.1, 0.15) is 0 Å². The molecule has 11 heavy (non-hydrogen) atoms. The minimum atomic E-state index is 0.798. The first-order valence-corrected chi connectivity index (χ1v) is 4.55. The molecular formula is C8H12N2S. The average molecular weight is 168 g/mol. The van der Waals surface area contributed by atoms with Crippen molar-refractivity contribution in [3.05, 3.63) is 24.3 Å². The Morgan fingerprint density at radius 2 is 2.36 bits per heavy atom. The van der Waals surface area contributed by atoms with Crippen LogP contribution in [-0.4, -0.2) is 5.75 Å². The van der Waals surface area contributed by atoms with Gasteiger partial charge >= 0.3 is 0 Å². The van der Waals surface area contributed by atoms with Gasteiger partial charge in [-0.3, -0.25) is 0 Å². The first-order valence-electron chi connectivity index (χ1n) is 3.56. The predicted octanol–water partition coefficient (Wildman–Crippen LogP) is 2.35. The van der Waals surface area contributed by atoms with E-state index in [2.05, 4.69) is 11.6 Å². The van der Waals surface area contributed by atoms with Crippen LogP contribution in [0.1, 0.15) is 6.92 Å². The van der Waals surface area contributed by atoms with Crippen molar-refractivity contribution < 1.29 is 0 Å². The number of nitrogen functional groups attached to an aromatic ring is 1. The van der Waals surface area contributed by atoms with E-state index in [9.17, 15) is 0 Å². The Labute approximate surface area is 71.3 Å². The van der Waals surface area contributed by atoms with Crippen molar-refractivity contribution in [2.45, 2.75) is 6.92 Å². The fraction of sp³-hybridized carbons (Fsp3) is 0.250. The van der Waals surface area contributed by atoms with Gasteiger partial charge in [0.15, 0.2) is 0 Å². The van der Waals surface area contributed by atoms with Gasteiger partial charge in [-0.15, -0.1) is 0 Å². The summed E-state index contributed by atoms with van der Waals surface area (Å²) in [5.41, 5.74) is 7.45. The summed E-state index contributed by atoms with van der Waals surface area (Å²) in [4.78, 5) is 0. The van der Waals surface area contributed by atoms with Crippen LogP contribution in [0.15, 0.2) is 24.3 Å². The molecule has 0 saturated carbocycles. The van der Waals surface area contributed by atoms with Crippen molar-refractivity contribution in [2.24, 2.45) is 0 Å². The lowest BCUT2D eigenvalue weighted by Gasteiger charge is -2.02. The minimum absolute atomic E-state index is 0.798. The highest BCUT2D eigenvalue weighted by Crippen LogP contribution is 2.15. The van der Waals surface area contributed by atoms with E-state index in [4.69, 9.17) is 5.73 Å². The first-order chi connectivity index (χ1) is 5.33. The summed E-state index contributed by atoms with van der Waals surface area (Å²) in [5.74, 6) is 1.05. The summed E-state index contributed by atoms with van der Waals surface area (Å²) in [5, 5.41) is 0. The highest BCUT2D eigenvalue weighted by atomic mass is 32.2. The number of nitrogens with two attached hydrogens (primary N) is 1. The molecule has 60 valence electrons. The van der Waals surface area contributed by atoms with Gasteiger partial charge in [-0.05, 0) is 18.2 Å². The van der Waals surface area contributed by atoms with Gasteiger partial charge in [-0.25, -0.2) is 0 Å². The normalized spacial score (nSPS) is 9.55. The molecule has 0 atom stereocenters. The second-order valence-electron chi connectivity index (χ2n) is 2.16. The molecule has 3 N–H and O–H groups in total. The van der Waals surface area contributed by atoms with Crippen molar-refractivity contribution in [1.29, 1.82) is 0 Å². The number of benzene rings is 1. The van der Waals surface area contributed by atoms with E-state index in [0.717, 1.165) is 17.1 Å². The molecule has 0 amide bonds. The molecule has 0 unspecified atom stereocenters. The first kappa shape index (κ1) is 8.27. The molecule has 0 fully saturated rings. The summed E-state index contributed by atoms with van der Waals surface area (Å²) >= 11 is 1.66. The molecule has 0 bridgehead atoms. The molecule has 3 heteroatoms. The van der Waals surface area contributed by atoms with Gasteiger partial charge in [0.2, 0.25) is 0 Å². The molecule has 1 rings (SSSR count). The van der Waals surface area contributed by atoms with Crippen LogP contribution in [0.25, 0.3) is 0 Å². The maximum Gasteiger partial charge on any atom is 0.0460 e. The predicted molar refractivity (Wildman–Crippen MR) is 52.6 cm³/mol. The average Bonchev–Trinajstić information content (AvgIpc) is 2.01. The molecule has 0 aliphatic rings. The highest BCUT2D eigenvalue weighted by molar-refractivity contribution is 8.00. The van der Waals surface area contributed by atoms with Crippen LogP contribution in [0.5, 0.6) is 0 Å². The smallest absolute Gasteiger partial charge is 0.0460 e. The van der Waals surface area contributed by atoms with Gasteiger partial charge in [-0.2, -0.15) is 0 Å². The SMILES string of the molecule is CCSNc1cccc(N)c1. The molecular weight excluding hydrogens is 156 g/mol. The van der Waals surface area contributed by atoms with Crippen LogP contribution in [-0.2, 0) is 0 Å². The van der Waals surface area contributed by atoms with Gasteiger partial charge in [0, 0.05) is 17.1 Å². The number of hydrogen-bond donors (Lipinski definition) is 2. The van der Waals surface area contributed by atoms with Crippen molar-refractivity contribution in [1.82, 2.24) is 0 Å². The van der Waals surface area contributed by atoms with Crippen LogP contribution >= 0.6 is 11.9 Å². The third-order valence-corrected chi connectivity index (χ3v) is 1.89. The molecule has 2 nitrogen and oxygen atoms in total. The van der Waals surface area contributed by atoms with E-state index >= 15 is 0 Å². The summed E-state index contributed by atoms with van der Waals surface area (Å²) in [7, 11) is 0. The Balaban J connectivity index is 2.56. The van der Waals surface area contributed by atoms with Crippen molar-refractivity contribution in [3.63, 3.8) is 0 Å². The lowest BCUT2D eigenvalue weighted by molar-refractivity contribution is 1.52. The molecule has 0 saturated heterocycles. The Morgan fingerprint density at radius 3 is 3.00 bits per heavy atom. The monoisotopic (exact) mass is 168 g/mol. The van der Waals surface area contributed by atoms with Gasteiger partial charge < -0.3 is 10.5 Å². The zero-order valence-corrected chi connectivity index (χ0v) is 7.32. The maximum atomic E-state index is 5.58. The topological polar surface area (TPSA) is 38.0 Å². The lowest BCUT2D eigenvalue weighted by atomic mass is 10.3. The Morgan fingerprint density at radius 1 is 1.55 bits per heavy atom. The minimum Gasteiger partial charge on any atom is -0.399 e. The largest absolute Gasteiger partial charge is 0.399 e. The fourth-order valence-corrected chi connectivity index (χ4v) is 1.20. The third-order valence-electron chi connectivity index (χ3n) is 1.22. The summed E-state index contributed by atoms with van der Waals surface area (Å²) in [6.45, 7) is 2.10. The Kier molecular flexibility index (Phi) is 3.11. The van der Waals surface area contributed by atoms with Gasteiger partial charge in [0.05, 0.1) is 0 Å². The molecule has 0 spiro atoms. The summed E-state index contributed by atoms with van der Waals surface area (Å²) in [6.07, 6.45) is 0. The standard InChI is InChI=1S/C8H12N2S/c1-2-11-10-8-5-3-4-7(9)6-8/h3-6,10H,2,9H2,1H3. The summed E-state index contributed by atoms with van der Waals surface area (Å²) in [6, 6.07) is 7.73.